The van der Waals surface area contributed by atoms with Gasteiger partial charge in [-0.3, -0.25) is 0 Å². The van der Waals surface area contributed by atoms with Crippen LogP contribution in [0.3, 0.4) is 0 Å². The SMILES string of the molecule is BNCCOC. The Bertz CT molecular complexity index is 22.8. The highest BCUT2D eigenvalue weighted by Crippen LogP contribution is 1.57. The Morgan fingerprint density at radius 3 is 2.67 bits per heavy atom. The monoisotopic (exact) mass is 87.1 g/mol. The van der Waals surface area contributed by atoms with Crippen LogP contribution in [0.2, 0.25) is 0 Å². The van der Waals surface area contributed by atoms with Crippen LogP contribution in [0.15, 0.2) is 0 Å². The second kappa shape index (κ2) is 4.98. The maximum Gasteiger partial charge on any atom is 0.182 e. The summed E-state index contributed by atoms with van der Waals surface area (Å²) in [5.74, 6) is 0. The number of methoxy groups -OCH3 is 1. The van der Waals surface area contributed by atoms with Gasteiger partial charge in [0.2, 0.25) is 0 Å². The van der Waals surface area contributed by atoms with Gasteiger partial charge in [0.05, 0.1) is 6.61 Å². The van der Waals surface area contributed by atoms with Gasteiger partial charge < -0.3 is 9.96 Å². The van der Waals surface area contributed by atoms with Crippen LogP contribution in [0, 0.1) is 0 Å². The topological polar surface area (TPSA) is 21.3 Å². The van der Waals surface area contributed by atoms with Crippen LogP contribution in [-0.2, 0) is 4.74 Å². The van der Waals surface area contributed by atoms with E-state index in [1.165, 1.54) is 0 Å². The van der Waals surface area contributed by atoms with E-state index < -0.39 is 0 Å². The van der Waals surface area contributed by atoms with E-state index in [4.69, 9.17) is 4.74 Å². The third-order valence-corrected chi connectivity index (χ3v) is 0.556. The van der Waals surface area contributed by atoms with Crippen LogP contribution >= 0.6 is 0 Å². The highest BCUT2D eigenvalue weighted by atomic mass is 16.5. The van der Waals surface area contributed by atoms with Crippen LogP contribution in [0.4, 0.5) is 0 Å². The summed E-state index contributed by atoms with van der Waals surface area (Å²) in [4.78, 5) is 0. The second-order valence-corrected chi connectivity index (χ2v) is 1.10. The standard InChI is InChI=1S/C3H10BNO/c1-6-3-2-5-4/h5H,2-4H2,1H3. The number of ether oxygens (including phenoxy) is 1. The van der Waals surface area contributed by atoms with Crippen molar-refractivity contribution in [2.75, 3.05) is 20.3 Å². The van der Waals surface area contributed by atoms with Gasteiger partial charge in [-0.2, -0.15) is 0 Å². The van der Waals surface area contributed by atoms with E-state index in [-0.39, 0.29) is 0 Å². The molecule has 6 heavy (non-hydrogen) atoms. The van der Waals surface area contributed by atoms with Gasteiger partial charge in [0.25, 0.3) is 0 Å². The molecule has 0 aromatic carbocycles. The molecule has 0 aromatic heterocycles. The molecule has 0 aliphatic carbocycles. The summed E-state index contributed by atoms with van der Waals surface area (Å²) >= 11 is 0. The first-order chi connectivity index (χ1) is 2.91. The Hall–Kier alpha value is -0.0151. The zero-order valence-electron chi connectivity index (χ0n) is 4.32. The van der Waals surface area contributed by atoms with Crippen LogP contribution in [0.5, 0.6) is 0 Å². The minimum Gasteiger partial charge on any atom is -0.383 e. The zero-order chi connectivity index (χ0) is 4.83. The van der Waals surface area contributed by atoms with Gasteiger partial charge in [-0.15, -0.1) is 0 Å². The maximum atomic E-state index is 4.72. The molecule has 0 rings (SSSR count). The molecule has 0 saturated heterocycles. The van der Waals surface area contributed by atoms with E-state index in [2.05, 4.69) is 5.23 Å². The van der Waals surface area contributed by atoms with Crippen LogP contribution < -0.4 is 5.23 Å². The first-order valence-electron chi connectivity index (χ1n) is 2.05. The molecule has 0 spiro atoms. The van der Waals surface area contributed by atoms with E-state index in [0.717, 1.165) is 13.2 Å². The Morgan fingerprint density at radius 2 is 2.50 bits per heavy atom. The molecular formula is C3H10BNO. The molecule has 1 N–H and O–H groups in total. The molecule has 3 heteroatoms. The summed E-state index contributed by atoms with van der Waals surface area (Å²) in [5.41, 5.74) is 0. The molecule has 0 aromatic rings. The van der Waals surface area contributed by atoms with Crippen LogP contribution in [0.25, 0.3) is 0 Å². The lowest BCUT2D eigenvalue weighted by Gasteiger charge is -1.92. The summed E-state index contributed by atoms with van der Waals surface area (Å²) in [7, 11) is 3.59. The van der Waals surface area contributed by atoms with E-state index in [1.54, 1.807) is 7.11 Å². The molecule has 0 aliphatic rings. The van der Waals surface area contributed by atoms with E-state index in [1.807, 2.05) is 7.98 Å². The van der Waals surface area contributed by atoms with Crippen molar-refractivity contribution in [2.24, 2.45) is 0 Å². The minimum absolute atomic E-state index is 0.802. The third-order valence-electron chi connectivity index (χ3n) is 0.556. The molecule has 2 nitrogen and oxygen atoms in total. The second-order valence-electron chi connectivity index (χ2n) is 1.10. The average molecular weight is 86.9 g/mol. The van der Waals surface area contributed by atoms with Crippen molar-refractivity contribution in [1.29, 1.82) is 0 Å². The summed E-state index contributed by atoms with van der Waals surface area (Å²) in [6.07, 6.45) is 0. The molecule has 0 heterocycles. The summed E-state index contributed by atoms with van der Waals surface area (Å²) < 4.78 is 4.72. The molecule has 0 unspecified atom stereocenters. The lowest BCUT2D eigenvalue weighted by Crippen LogP contribution is -2.14. The Kier molecular flexibility index (Phi) is 4.97. The predicted octanol–water partition coefficient (Wildman–Crippen LogP) is -1.23. The van der Waals surface area contributed by atoms with E-state index in [9.17, 15) is 0 Å². The summed E-state index contributed by atoms with van der Waals surface area (Å²) in [6.45, 7) is 1.74. The predicted molar refractivity (Wildman–Crippen MR) is 28.4 cm³/mol. The maximum absolute atomic E-state index is 4.72. The fraction of sp³-hybridized carbons (Fsp3) is 1.00. The van der Waals surface area contributed by atoms with Gasteiger partial charge in [-0.25, -0.2) is 0 Å². The van der Waals surface area contributed by atoms with E-state index >= 15 is 0 Å². The van der Waals surface area contributed by atoms with Crippen LogP contribution in [0.1, 0.15) is 0 Å². The largest absolute Gasteiger partial charge is 0.383 e. The van der Waals surface area contributed by atoms with Crippen molar-refractivity contribution in [3.8, 4) is 0 Å². The van der Waals surface area contributed by atoms with Crippen molar-refractivity contribution < 1.29 is 4.74 Å². The molecule has 0 fully saturated rings. The molecular weight excluding hydrogens is 76.9 g/mol. The number of rotatable bonds is 3. The number of nitrogens with one attached hydrogen (secondary N) is 1. The third kappa shape index (κ3) is 3.98. The van der Waals surface area contributed by atoms with Gasteiger partial charge in [-0.05, 0) is 0 Å². The molecule has 0 radical (unpaired) electrons. The smallest absolute Gasteiger partial charge is 0.182 e. The normalized spacial score (nSPS) is 8.83. The van der Waals surface area contributed by atoms with Gasteiger partial charge in [0, 0.05) is 13.7 Å². The number of hydrogen-bond donors (Lipinski definition) is 1. The molecule has 0 bridgehead atoms. The fourth-order valence-electron chi connectivity index (χ4n) is 0.204. The molecule has 0 saturated carbocycles. The van der Waals surface area contributed by atoms with Crippen molar-refractivity contribution >= 4 is 7.98 Å². The van der Waals surface area contributed by atoms with Gasteiger partial charge in [-0.1, -0.05) is 0 Å². The first-order valence-corrected chi connectivity index (χ1v) is 2.05. The Balaban J connectivity index is 2.34. The fourth-order valence-corrected chi connectivity index (χ4v) is 0.204. The molecule has 0 atom stereocenters. The Morgan fingerprint density at radius 1 is 1.83 bits per heavy atom. The Labute approximate surface area is 39.3 Å². The highest BCUT2D eigenvalue weighted by Gasteiger charge is 1.72. The molecule has 0 aliphatic heterocycles. The average Bonchev–Trinajstić information content (AvgIpc) is 1.61. The number of hydrogen-bond acceptors (Lipinski definition) is 2. The summed E-state index contributed by atoms with van der Waals surface area (Å²) in [5, 5.41) is 2.94. The summed E-state index contributed by atoms with van der Waals surface area (Å²) in [6, 6.07) is 0. The zero-order valence-corrected chi connectivity index (χ0v) is 4.32. The van der Waals surface area contributed by atoms with Crippen molar-refractivity contribution in [3.05, 3.63) is 0 Å². The highest BCUT2D eigenvalue weighted by molar-refractivity contribution is 6.04. The van der Waals surface area contributed by atoms with Crippen molar-refractivity contribution in [2.45, 2.75) is 0 Å². The van der Waals surface area contributed by atoms with Gasteiger partial charge in [0.1, 0.15) is 0 Å². The molecule has 0 amide bonds. The van der Waals surface area contributed by atoms with Crippen LogP contribution in [-0.4, -0.2) is 28.2 Å². The van der Waals surface area contributed by atoms with Gasteiger partial charge in [0.15, 0.2) is 7.98 Å². The minimum atomic E-state index is 0.802. The first kappa shape index (κ1) is 5.98. The van der Waals surface area contributed by atoms with Crippen molar-refractivity contribution in [1.82, 2.24) is 5.23 Å². The van der Waals surface area contributed by atoms with Gasteiger partial charge >= 0.3 is 0 Å². The van der Waals surface area contributed by atoms with Crippen molar-refractivity contribution in [3.63, 3.8) is 0 Å². The lowest BCUT2D eigenvalue weighted by atomic mass is 10.4. The lowest BCUT2D eigenvalue weighted by molar-refractivity contribution is 0.204. The molecule has 36 valence electrons. The van der Waals surface area contributed by atoms with E-state index in [0.29, 0.717) is 0 Å². The quantitative estimate of drug-likeness (QED) is 0.343.